The summed E-state index contributed by atoms with van der Waals surface area (Å²) >= 11 is 12.1. The van der Waals surface area contributed by atoms with Crippen LogP contribution in [0, 0.1) is 0 Å². The van der Waals surface area contributed by atoms with E-state index < -0.39 is 29.9 Å². The number of amides is 4. The summed E-state index contributed by atoms with van der Waals surface area (Å²) in [5.74, 6) is 0.0581. The fourth-order valence-corrected chi connectivity index (χ4v) is 4.05. The van der Waals surface area contributed by atoms with Gasteiger partial charge in [-0.25, -0.2) is 4.79 Å². The molecule has 0 bridgehead atoms. The van der Waals surface area contributed by atoms with Gasteiger partial charge in [0, 0.05) is 10.7 Å². The van der Waals surface area contributed by atoms with Crippen molar-refractivity contribution >= 4 is 46.7 Å². The maximum atomic E-state index is 13.2. The van der Waals surface area contributed by atoms with Gasteiger partial charge in [-0.2, -0.15) is 0 Å². The minimum atomic E-state index is -1.24. The third-order valence-corrected chi connectivity index (χ3v) is 6.11. The second-order valence-electron chi connectivity index (χ2n) is 7.69. The van der Waals surface area contributed by atoms with Crippen LogP contribution in [0.1, 0.15) is 18.9 Å². The van der Waals surface area contributed by atoms with Crippen LogP contribution < -0.4 is 15.4 Å². The van der Waals surface area contributed by atoms with Crippen LogP contribution in [0.15, 0.2) is 72.8 Å². The Bertz CT molecular complexity index is 1230. The highest BCUT2D eigenvalue weighted by molar-refractivity contribution is 6.32. The summed E-state index contributed by atoms with van der Waals surface area (Å²) in [5.41, 5.74) is -0.141. The number of halogens is 2. The van der Waals surface area contributed by atoms with Crippen molar-refractivity contribution in [3.63, 3.8) is 0 Å². The van der Waals surface area contributed by atoms with Crippen LogP contribution in [0.25, 0.3) is 0 Å². The van der Waals surface area contributed by atoms with Crippen LogP contribution in [-0.4, -0.2) is 29.3 Å². The van der Waals surface area contributed by atoms with Crippen LogP contribution in [0.3, 0.4) is 0 Å². The topological polar surface area (TPSA) is 87.7 Å². The summed E-state index contributed by atoms with van der Waals surface area (Å²) in [6, 6.07) is 19.8. The van der Waals surface area contributed by atoms with Crippen LogP contribution >= 0.6 is 23.2 Å². The number of rotatable bonds is 7. The summed E-state index contributed by atoms with van der Waals surface area (Å²) in [6.45, 7) is 1.38. The molecule has 1 heterocycles. The van der Waals surface area contributed by atoms with Gasteiger partial charge in [0.05, 0.1) is 5.02 Å². The highest BCUT2D eigenvalue weighted by atomic mass is 35.5. The van der Waals surface area contributed by atoms with Crippen molar-refractivity contribution in [2.75, 3.05) is 11.9 Å². The Balaban J connectivity index is 1.41. The highest BCUT2D eigenvalue weighted by Gasteiger charge is 2.51. The minimum Gasteiger partial charge on any atom is -0.456 e. The van der Waals surface area contributed by atoms with Gasteiger partial charge in [-0.1, -0.05) is 54.4 Å². The van der Waals surface area contributed by atoms with Crippen molar-refractivity contribution in [3.05, 3.63) is 88.4 Å². The third-order valence-electron chi connectivity index (χ3n) is 5.55. The summed E-state index contributed by atoms with van der Waals surface area (Å²) in [4.78, 5) is 39.3. The van der Waals surface area contributed by atoms with Crippen LogP contribution in [0.4, 0.5) is 10.5 Å². The number of anilines is 1. The number of ether oxygens (including phenoxy) is 1. The number of carbonyl (C=O) groups excluding carboxylic acids is 3. The fraction of sp³-hybridized carbons (Fsp3) is 0.160. The molecule has 34 heavy (non-hydrogen) atoms. The van der Waals surface area contributed by atoms with Gasteiger partial charge in [0.1, 0.15) is 23.6 Å². The molecule has 0 aliphatic carbocycles. The van der Waals surface area contributed by atoms with Crippen molar-refractivity contribution in [2.24, 2.45) is 0 Å². The highest BCUT2D eigenvalue weighted by Crippen LogP contribution is 2.33. The molecule has 9 heteroatoms. The second kappa shape index (κ2) is 9.75. The molecular weight excluding hydrogens is 477 g/mol. The van der Waals surface area contributed by atoms with Gasteiger partial charge in [0.2, 0.25) is 5.91 Å². The Labute approximate surface area is 206 Å². The first kappa shape index (κ1) is 23.6. The van der Waals surface area contributed by atoms with E-state index in [1.54, 1.807) is 73.7 Å². The number of urea groups is 1. The van der Waals surface area contributed by atoms with Crippen LogP contribution in [0.2, 0.25) is 10.0 Å². The second-order valence-corrected chi connectivity index (χ2v) is 8.54. The Hall–Kier alpha value is -3.55. The minimum absolute atomic E-state index is 0.324. The third kappa shape index (κ3) is 4.71. The van der Waals surface area contributed by atoms with E-state index in [2.05, 4.69) is 10.6 Å². The van der Waals surface area contributed by atoms with Gasteiger partial charge in [0.25, 0.3) is 5.91 Å². The number of nitrogens with one attached hydrogen (secondary N) is 2. The number of benzene rings is 3. The molecule has 1 aliphatic heterocycles. The van der Waals surface area contributed by atoms with Crippen molar-refractivity contribution in [1.29, 1.82) is 0 Å². The van der Waals surface area contributed by atoms with Gasteiger partial charge in [-0.3, -0.25) is 14.5 Å². The number of imide groups is 1. The normalized spacial score (nSPS) is 17.4. The van der Waals surface area contributed by atoms with Gasteiger partial charge in [-0.05, 0) is 60.5 Å². The zero-order chi connectivity index (χ0) is 24.3. The average molecular weight is 498 g/mol. The van der Waals surface area contributed by atoms with Crippen molar-refractivity contribution in [1.82, 2.24) is 10.2 Å². The van der Waals surface area contributed by atoms with E-state index in [1.165, 1.54) is 0 Å². The molecule has 2 N–H and O–H groups in total. The lowest BCUT2D eigenvalue weighted by Gasteiger charge is -2.25. The van der Waals surface area contributed by atoms with Crippen LogP contribution in [-0.2, 0) is 15.1 Å². The lowest BCUT2D eigenvalue weighted by Crippen LogP contribution is -2.44. The van der Waals surface area contributed by atoms with E-state index in [4.69, 9.17) is 27.9 Å². The van der Waals surface area contributed by atoms with Crippen molar-refractivity contribution in [3.8, 4) is 11.5 Å². The average Bonchev–Trinajstić information content (AvgIpc) is 3.07. The van der Waals surface area contributed by atoms with Crippen molar-refractivity contribution < 1.29 is 19.1 Å². The fourth-order valence-electron chi connectivity index (χ4n) is 3.75. The summed E-state index contributed by atoms with van der Waals surface area (Å²) in [7, 11) is 0. The predicted molar refractivity (Wildman–Crippen MR) is 130 cm³/mol. The molecule has 1 saturated heterocycles. The molecule has 4 amide bonds. The molecule has 174 valence electrons. The zero-order valence-electron chi connectivity index (χ0n) is 18.2. The molecule has 1 unspecified atom stereocenters. The smallest absolute Gasteiger partial charge is 0.325 e. The monoisotopic (exact) mass is 497 g/mol. The van der Waals surface area contributed by atoms with Gasteiger partial charge < -0.3 is 15.4 Å². The van der Waals surface area contributed by atoms with Crippen LogP contribution in [0.5, 0.6) is 11.5 Å². The first-order chi connectivity index (χ1) is 16.3. The standard InChI is InChI=1S/C25H21Cl2N3O4/c1-2-25(16-7-9-17(26)10-8-16)23(32)30(24(33)29-25)15-22(31)28-18-11-13-19(14-12-18)34-21-6-4-3-5-20(21)27/h3-14H,2,15H2,1H3,(H,28,31)(H,29,33). The maximum absolute atomic E-state index is 13.2. The zero-order valence-corrected chi connectivity index (χ0v) is 19.7. The molecule has 1 atom stereocenters. The van der Waals surface area contributed by atoms with E-state index >= 15 is 0 Å². The molecule has 1 aliphatic rings. The van der Waals surface area contributed by atoms with E-state index in [9.17, 15) is 14.4 Å². The number of hydrogen-bond donors (Lipinski definition) is 2. The first-order valence-corrected chi connectivity index (χ1v) is 11.3. The first-order valence-electron chi connectivity index (χ1n) is 10.5. The summed E-state index contributed by atoms with van der Waals surface area (Å²) in [5, 5.41) is 6.44. The molecule has 7 nitrogen and oxygen atoms in total. The lowest BCUT2D eigenvalue weighted by atomic mass is 9.87. The van der Waals surface area contributed by atoms with E-state index in [1.807, 2.05) is 6.07 Å². The molecule has 0 radical (unpaired) electrons. The molecule has 0 saturated carbocycles. The molecular formula is C25H21Cl2N3O4. The Morgan fingerprint density at radius 1 is 1.00 bits per heavy atom. The Morgan fingerprint density at radius 3 is 2.32 bits per heavy atom. The number of nitrogens with zero attached hydrogens (tertiary/aromatic N) is 1. The number of hydrogen-bond acceptors (Lipinski definition) is 4. The quantitative estimate of drug-likeness (QED) is 0.417. The molecule has 1 fully saturated rings. The number of carbonyl (C=O) groups is 3. The molecule has 3 aromatic rings. The Morgan fingerprint density at radius 2 is 1.68 bits per heavy atom. The van der Waals surface area contributed by atoms with Gasteiger partial charge >= 0.3 is 6.03 Å². The SMILES string of the molecule is CCC1(c2ccc(Cl)cc2)NC(=O)N(CC(=O)Nc2ccc(Oc3ccccc3Cl)cc2)C1=O. The van der Waals surface area contributed by atoms with E-state index in [0.29, 0.717) is 39.2 Å². The van der Waals surface area contributed by atoms with Gasteiger partial charge in [0.15, 0.2) is 0 Å². The molecule has 0 spiro atoms. The molecule has 3 aromatic carbocycles. The van der Waals surface area contributed by atoms with Crippen molar-refractivity contribution in [2.45, 2.75) is 18.9 Å². The largest absolute Gasteiger partial charge is 0.456 e. The lowest BCUT2D eigenvalue weighted by molar-refractivity contribution is -0.134. The summed E-state index contributed by atoms with van der Waals surface area (Å²) < 4.78 is 5.73. The van der Waals surface area contributed by atoms with Gasteiger partial charge in [-0.15, -0.1) is 0 Å². The van der Waals surface area contributed by atoms with E-state index in [-0.39, 0.29) is 0 Å². The maximum Gasteiger partial charge on any atom is 0.325 e. The Kier molecular flexibility index (Phi) is 6.77. The summed E-state index contributed by atoms with van der Waals surface area (Å²) in [6.07, 6.45) is 0.324. The molecule has 4 rings (SSSR count). The van der Waals surface area contributed by atoms with E-state index in [0.717, 1.165) is 4.90 Å². The molecule has 0 aromatic heterocycles. The predicted octanol–water partition coefficient (Wildman–Crippen LogP) is 5.58. The number of para-hydroxylation sites is 1.